The van der Waals surface area contributed by atoms with Crippen molar-refractivity contribution in [1.82, 2.24) is 0 Å². The summed E-state index contributed by atoms with van der Waals surface area (Å²) in [5, 5.41) is 0. The molecule has 0 spiro atoms. The van der Waals surface area contributed by atoms with Crippen LogP contribution in [0.15, 0.2) is 72.9 Å². The molecule has 0 aromatic rings. The quantitative estimate of drug-likeness (QED) is 0.0261. The number of unbranched alkanes of at least 4 members (excludes halogenated alkanes) is 42. The van der Waals surface area contributed by atoms with Crippen LogP contribution in [0.4, 0.5) is 0 Å². The van der Waals surface area contributed by atoms with Gasteiger partial charge in [-0.2, -0.15) is 0 Å². The van der Waals surface area contributed by atoms with Gasteiger partial charge >= 0.3 is 17.9 Å². The Morgan fingerprint density at radius 3 is 0.728 bits per heavy atom. The van der Waals surface area contributed by atoms with E-state index in [-0.39, 0.29) is 31.1 Å². The van der Waals surface area contributed by atoms with Crippen LogP contribution in [0.2, 0.25) is 0 Å². The molecule has 6 heteroatoms. The average molecular weight is 1130 g/mol. The second kappa shape index (κ2) is 69.3. The number of hydrogen-bond acceptors (Lipinski definition) is 6. The van der Waals surface area contributed by atoms with Crippen LogP contribution >= 0.6 is 0 Å². The molecule has 0 rings (SSSR count). The minimum atomic E-state index is -0.782. The van der Waals surface area contributed by atoms with E-state index >= 15 is 0 Å². The summed E-state index contributed by atoms with van der Waals surface area (Å²) in [6, 6.07) is 0. The highest BCUT2D eigenvalue weighted by molar-refractivity contribution is 5.71. The lowest BCUT2D eigenvalue weighted by atomic mass is 10.0. The predicted molar refractivity (Wildman–Crippen MR) is 353 cm³/mol. The number of carbonyl (C=O) groups excluding carboxylic acids is 3. The van der Waals surface area contributed by atoms with Crippen molar-refractivity contribution in [2.24, 2.45) is 0 Å². The SMILES string of the molecule is CCCCC/C=C\C/C=C\CCCCCCCCCCCC(=O)OC(COC(=O)CCCCCCC/C=C\CCCCCCCC)COC(=O)CCCCCCCCCCCCCCCC/C=C\C/C=C\C/C=C\CCCCCCC. The highest BCUT2D eigenvalue weighted by atomic mass is 16.6. The minimum Gasteiger partial charge on any atom is -0.462 e. The van der Waals surface area contributed by atoms with E-state index in [0.29, 0.717) is 19.3 Å². The highest BCUT2D eigenvalue weighted by Crippen LogP contribution is 2.17. The molecule has 0 radical (unpaired) electrons. The van der Waals surface area contributed by atoms with E-state index in [1.54, 1.807) is 0 Å². The van der Waals surface area contributed by atoms with E-state index in [2.05, 4.69) is 93.7 Å². The molecule has 1 unspecified atom stereocenters. The second-order valence-corrected chi connectivity index (χ2v) is 23.8. The molecule has 470 valence electrons. The molecule has 0 aliphatic heterocycles. The summed E-state index contributed by atoms with van der Waals surface area (Å²) in [6.45, 7) is 6.64. The zero-order valence-electron chi connectivity index (χ0n) is 54.1. The standard InChI is InChI=1S/C75H134O6/c1-4-7-10-13-16-19-22-25-28-30-32-33-34-35-36-37-38-39-40-41-43-44-47-50-53-56-59-62-65-68-74(77)80-71-72(70-79-73(76)67-64-61-58-55-52-49-46-27-24-21-18-15-12-9-6-3)81-75(78)69-66-63-60-57-54-51-48-45-42-31-29-26-23-20-17-14-11-8-5-2/h17,20,22,25-27,29-30,32,34-35,46,72H,4-16,18-19,21,23-24,28,31,33,36-45,47-71H2,1-3H3/b20-17-,25-22-,29-26-,32-30-,35-34-,46-27-. The van der Waals surface area contributed by atoms with Gasteiger partial charge in [0.25, 0.3) is 0 Å². The molecule has 0 fully saturated rings. The van der Waals surface area contributed by atoms with Crippen molar-refractivity contribution in [3.8, 4) is 0 Å². The van der Waals surface area contributed by atoms with E-state index in [1.807, 2.05) is 0 Å². The summed E-state index contributed by atoms with van der Waals surface area (Å²) < 4.78 is 17.0. The molecule has 0 aromatic carbocycles. The third-order valence-electron chi connectivity index (χ3n) is 15.7. The number of allylic oxidation sites excluding steroid dienone is 12. The van der Waals surface area contributed by atoms with Gasteiger partial charge in [0.15, 0.2) is 6.10 Å². The normalized spacial score (nSPS) is 12.5. The van der Waals surface area contributed by atoms with Crippen molar-refractivity contribution < 1.29 is 28.6 Å². The van der Waals surface area contributed by atoms with E-state index < -0.39 is 6.10 Å². The average Bonchev–Trinajstić information content (AvgIpc) is 3.47. The van der Waals surface area contributed by atoms with Gasteiger partial charge in [0.05, 0.1) is 0 Å². The Bertz CT molecular complexity index is 1490. The number of carbonyl (C=O) groups is 3. The fraction of sp³-hybridized carbons (Fsp3) is 0.800. The highest BCUT2D eigenvalue weighted by Gasteiger charge is 2.19. The predicted octanol–water partition coefficient (Wildman–Crippen LogP) is 24.4. The lowest BCUT2D eigenvalue weighted by molar-refractivity contribution is -0.167. The maximum absolute atomic E-state index is 12.9. The van der Waals surface area contributed by atoms with Gasteiger partial charge in [0.2, 0.25) is 0 Å². The van der Waals surface area contributed by atoms with Gasteiger partial charge in [0, 0.05) is 19.3 Å². The third kappa shape index (κ3) is 67.5. The summed E-state index contributed by atoms with van der Waals surface area (Å²) >= 11 is 0. The molecule has 0 saturated heterocycles. The van der Waals surface area contributed by atoms with Crippen molar-refractivity contribution >= 4 is 17.9 Å². The Kier molecular flexibility index (Phi) is 66.6. The molecule has 0 saturated carbocycles. The van der Waals surface area contributed by atoms with Crippen molar-refractivity contribution in [3.63, 3.8) is 0 Å². The first-order chi connectivity index (χ1) is 40.0. The Balaban J connectivity index is 4.27. The molecule has 0 amide bonds. The van der Waals surface area contributed by atoms with Gasteiger partial charge in [-0.05, 0) is 116 Å². The first kappa shape index (κ1) is 77.9. The van der Waals surface area contributed by atoms with Gasteiger partial charge in [-0.15, -0.1) is 0 Å². The monoisotopic (exact) mass is 1130 g/mol. The molecule has 1 atom stereocenters. The van der Waals surface area contributed by atoms with E-state index in [0.717, 1.165) is 83.5 Å². The van der Waals surface area contributed by atoms with Gasteiger partial charge in [-0.1, -0.05) is 306 Å². The Morgan fingerprint density at radius 2 is 0.444 bits per heavy atom. The second-order valence-electron chi connectivity index (χ2n) is 23.8. The fourth-order valence-corrected chi connectivity index (χ4v) is 10.3. The van der Waals surface area contributed by atoms with Crippen LogP contribution in [0.3, 0.4) is 0 Å². The van der Waals surface area contributed by atoms with Crippen LogP contribution in [0, 0.1) is 0 Å². The summed E-state index contributed by atoms with van der Waals surface area (Å²) in [4.78, 5) is 38.4. The van der Waals surface area contributed by atoms with Crippen LogP contribution in [0.25, 0.3) is 0 Å². The molecular formula is C75H134O6. The lowest BCUT2D eigenvalue weighted by Gasteiger charge is -2.18. The summed E-state index contributed by atoms with van der Waals surface area (Å²) in [7, 11) is 0. The Labute approximate surface area is 503 Å². The van der Waals surface area contributed by atoms with Crippen molar-refractivity contribution in [3.05, 3.63) is 72.9 Å². The van der Waals surface area contributed by atoms with Gasteiger partial charge in [-0.25, -0.2) is 0 Å². The summed E-state index contributed by atoms with van der Waals surface area (Å²) in [5.41, 5.74) is 0. The van der Waals surface area contributed by atoms with Crippen LogP contribution in [0.5, 0.6) is 0 Å². The molecule has 0 aliphatic rings. The third-order valence-corrected chi connectivity index (χ3v) is 15.7. The Morgan fingerprint density at radius 1 is 0.247 bits per heavy atom. The molecule has 0 aromatic heterocycles. The molecule has 0 bridgehead atoms. The number of esters is 3. The van der Waals surface area contributed by atoms with Crippen LogP contribution in [-0.4, -0.2) is 37.2 Å². The molecule has 0 aliphatic carbocycles. The van der Waals surface area contributed by atoms with Gasteiger partial charge in [-0.3, -0.25) is 14.4 Å². The maximum Gasteiger partial charge on any atom is 0.306 e. The van der Waals surface area contributed by atoms with Crippen LogP contribution in [0.1, 0.15) is 367 Å². The van der Waals surface area contributed by atoms with E-state index in [4.69, 9.17) is 14.2 Å². The molecular weight excluding hydrogens is 997 g/mol. The maximum atomic E-state index is 12.9. The lowest BCUT2D eigenvalue weighted by Crippen LogP contribution is -2.30. The molecule has 0 N–H and O–H groups in total. The largest absolute Gasteiger partial charge is 0.462 e. The van der Waals surface area contributed by atoms with E-state index in [1.165, 1.54) is 244 Å². The number of rotatable bonds is 65. The number of ether oxygens (including phenoxy) is 3. The van der Waals surface area contributed by atoms with Crippen molar-refractivity contribution in [1.29, 1.82) is 0 Å². The van der Waals surface area contributed by atoms with Gasteiger partial charge < -0.3 is 14.2 Å². The molecule has 6 nitrogen and oxygen atoms in total. The smallest absolute Gasteiger partial charge is 0.306 e. The molecule has 81 heavy (non-hydrogen) atoms. The zero-order valence-corrected chi connectivity index (χ0v) is 54.1. The molecule has 0 heterocycles. The van der Waals surface area contributed by atoms with Crippen LogP contribution < -0.4 is 0 Å². The van der Waals surface area contributed by atoms with Crippen molar-refractivity contribution in [2.45, 2.75) is 374 Å². The first-order valence-corrected chi connectivity index (χ1v) is 35.4. The van der Waals surface area contributed by atoms with Crippen molar-refractivity contribution in [2.75, 3.05) is 13.2 Å². The summed E-state index contributed by atoms with van der Waals surface area (Å²) in [5.74, 6) is -0.871. The first-order valence-electron chi connectivity index (χ1n) is 35.4. The van der Waals surface area contributed by atoms with E-state index in [9.17, 15) is 14.4 Å². The zero-order chi connectivity index (χ0) is 58.5. The fourth-order valence-electron chi connectivity index (χ4n) is 10.3. The van der Waals surface area contributed by atoms with Gasteiger partial charge in [0.1, 0.15) is 13.2 Å². The minimum absolute atomic E-state index is 0.0774. The van der Waals surface area contributed by atoms with Crippen LogP contribution in [-0.2, 0) is 28.6 Å². The summed E-state index contributed by atoms with van der Waals surface area (Å²) in [6.07, 6.45) is 90.6. The number of hydrogen-bond donors (Lipinski definition) is 0. The Hall–Kier alpha value is -3.15. The topological polar surface area (TPSA) is 78.9 Å².